The molecule has 9 nitrogen and oxygen atoms in total. The molecule has 2 aromatic carbocycles. The zero-order valence-corrected chi connectivity index (χ0v) is 19.2. The molecule has 13 heteroatoms. The number of carbonyl (C=O) groups excluding carboxylic acids is 2. The number of pyridine rings is 1. The Bertz CT molecular complexity index is 1440. The van der Waals surface area contributed by atoms with Crippen molar-refractivity contribution in [3.05, 3.63) is 48.2 Å². The lowest BCUT2D eigenvalue weighted by Crippen LogP contribution is -2.49. The van der Waals surface area contributed by atoms with Gasteiger partial charge >= 0.3 is 12.2 Å². The number of anilines is 2. The van der Waals surface area contributed by atoms with E-state index >= 15 is 0 Å². The van der Waals surface area contributed by atoms with E-state index in [0.29, 0.717) is 16.8 Å². The number of sulfonamides is 1. The van der Waals surface area contributed by atoms with Crippen molar-refractivity contribution in [2.45, 2.75) is 12.6 Å². The molecule has 1 saturated heterocycles. The number of fused-ring (bicyclic) bond motifs is 1. The Kier molecular flexibility index (Phi) is 6.05. The summed E-state index contributed by atoms with van der Waals surface area (Å²) in [6, 6.07) is 7.57. The van der Waals surface area contributed by atoms with Crippen LogP contribution in [-0.2, 0) is 21.0 Å². The summed E-state index contributed by atoms with van der Waals surface area (Å²) in [5, 5.41) is 2.11. The van der Waals surface area contributed by atoms with Gasteiger partial charge in [0.1, 0.15) is 11.3 Å². The summed E-state index contributed by atoms with van der Waals surface area (Å²) in [5.74, 6) is -0.987. The number of methoxy groups -OCH3 is 1. The number of alkyl halides is 3. The SMILES string of the molecule is COc1c(C(F)(F)F)cc(N2CCC(=O)NC2=O)c2ncc(-c3ccc(NS(C)(=O)=O)cc3)cc12. The van der Waals surface area contributed by atoms with Crippen molar-refractivity contribution in [3.63, 3.8) is 0 Å². The summed E-state index contributed by atoms with van der Waals surface area (Å²) >= 11 is 0. The van der Waals surface area contributed by atoms with Crippen LogP contribution in [0.25, 0.3) is 22.0 Å². The van der Waals surface area contributed by atoms with Crippen LogP contribution in [0.15, 0.2) is 42.6 Å². The maximum absolute atomic E-state index is 13.9. The first kappa shape index (κ1) is 24.3. The minimum Gasteiger partial charge on any atom is -0.495 e. The van der Waals surface area contributed by atoms with Crippen LogP contribution in [0.1, 0.15) is 12.0 Å². The fraction of sp³-hybridized carbons (Fsp3) is 0.227. The number of nitrogens with zero attached hydrogens (tertiary/aromatic N) is 2. The number of rotatable bonds is 5. The maximum Gasteiger partial charge on any atom is 0.420 e. The summed E-state index contributed by atoms with van der Waals surface area (Å²) in [7, 11) is -2.37. The average Bonchev–Trinajstić information content (AvgIpc) is 2.76. The predicted octanol–water partition coefficient (Wildman–Crippen LogP) is 3.75. The van der Waals surface area contributed by atoms with Crippen molar-refractivity contribution in [2.24, 2.45) is 0 Å². The Morgan fingerprint density at radius 3 is 2.37 bits per heavy atom. The van der Waals surface area contributed by atoms with E-state index in [1.807, 2.05) is 0 Å². The third-order valence-electron chi connectivity index (χ3n) is 5.28. The highest BCUT2D eigenvalue weighted by molar-refractivity contribution is 7.92. The van der Waals surface area contributed by atoms with E-state index in [9.17, 15) is 31.2 Å². The molecule has 0 radical (unpaired) electrons. The molecule has 0 saturated carbocycles. The molecule has 4 rings (SSSR count). The Labute approximate surface area is 197 Å². The van der Waals surface area contributed by atoms with Crippen LogP contribution in [0.2, 0.25) is 0 Å². The largest absolute Gasteiger partial charge is 0.495 e. The van der Waals surface area contributed by atoms with Gasteiger partial charge in [-0.15, -0.1) is 0 Å². The summed E-state index contributed by atoms with van der Waals surface area (Å²) in [6.07, 6.45) is -2.45. The number of carbonyl (C=O) groups is 2. The van der Waals surface area contributed by atoms with E-state index in [1.165, 1.54) is 24.4 Å². The fourth-order valence-electron chi connectivity index (χ4n) is 3.79. The predicted molar refractivity (Wildman–Crippen MR) is 123 cm³/mol. The normalized spacial score (nSPS) is 14.7. The second kappa shape index (κ2) is 8.73. The van der Waals surface area contributed by atoms with Crippen LogP contribution < -0.4 is 19.7 Å². The van der Waals surface area contributed by atoms with Gasteiger partial charge in [-0.2, -0.15) is 13.2 Å². The van der Waals surface area contributed by atoms with Crippen molar-refractivity contribution >= 4 is 44.2 Å². The molecular weight excluding hydrogens is 489 g/mol. The second-order valence-corrected chi connectivity index (χ2v) is 9.55. The lowest BCUT2D eigenvalue weighted by molar-refractivity contribution is -0.138. The summed E-state index contributed by atoms with van der Waals surface area (Å²) in [6.45, 7) is -0.110. The van der Waals surface area contributed by atoms with Gasteiger partial charge in [-0.3, -0.25) is 24.7 Å². The second-order valence-electron chi connectivity index (χ2n) is 7.80. The molecule has 184 valence electrons. The zero-order valence-electron chi connectivity index (χ0n) is 18.4. The number of hydrogen-bond donors (Lipinski definition) is 2. The summed E-state index contributed by atoms with van der Waals surface area (Å²) in [5.41, 5.74) is 0.176. The van der Waals surface area contributed by atoms with E-state index in [1.54, 1.807) is 12.1 Å². The zero-order chi connectivity index (χ0) is 25.5. The van der Waals surface area contributed by atoms with E-state index in [0.717, 1.165) is 24.3 Å². The van der Waals surface area contributed by atoms with E-state index in [2.05, 4.69) is 15.0 Å². The van der Waals surface area contributed by atoms with E-state index in [4.69, 9.17) is 4.74 Å². The smallest absolute Gasteiger partial charge is 0.420 e. The molecule has 0 bridgehead atoms. The van der Waals surface area contributed by atoms with E-state index in [-0.39, 0.29) is 29.6 Å². The molecule has 3 aromatic rings. The van der Waals surface area contributed by atoms with Gasteiger partial charge in [0, 0.05) is 35.8 Å². The average molecular weight is 508 g/mol. The van der Waals surface area contributed by atoms with Crippen LogP contribution >= 0.6 is 0 Å². The van der Waals surface area contributed by atoms with Crippen LogP contribution in [0, 0.1) is 0 Å². The van der Waals surface area contributed by atoms with Crippen molar-refractivity contribution in [1.82, 2.24) is 10.3 Å². The number of imide groups is 1. The molecule has 3 amide bonds. The minimum atomic E-state index is -4.80. The molecule has 1 aliphatic heterocycles. The number of benzene rings is 2. The quantitative estimate of drug-likeness (QED) is 0.542. The number of hydrogen-bond acceptors (Lipinski definition) is 6. The van der Waals surface area contributed by atoms with Crippen LogP contribution in [0.5, 0.6) is 5.75 Å². The van der Waals surface area contributed by atoms with Gasteiger partial charge in [-0.05, 0) is 29.8 Å². The third-order valence-corrected chi connectivity index (χ3v) is 5.88. The molecule has 0 spiro atoms. The van der Waals surface area contributed by atoms with Crippen molar-refractivity contribution in [1.29, 1.82) is 0 Å². The number of nitrogens with one attached hydrogen (secondary N) is 2. The first-order valence-electron chi connectivity index (χ1n) is 10.1. The number of halogens is 3. The summed E-state index contributed by atoms with van der Waals surface area (Å²) < 4.78 is 72.1. The molecule has 2 N–H and O–H groups in total. The Morgan fingerprint density at radius 2 is 1.80 bits per heavy atom. The van der Waals surface area contributed by atoms with Crippen LogP contribution in [-0.4, -0.2) is 45.3 Å². The Balaban J connectivity index is 1.89. The Hall–Kier alpha value is -3.87. The van der Waals surface area contributed by atoms with Gasteiger partial charge in [0.25, 0.3) is 0 Å². The number of urea groups is 1. The molecular formula is C22H19F3N4O5S. The van der Waals surface area contributed by atoms with Gasteiger partial charge < -0.3 is 4.74 Å². The first-order chi connectivity index (χ1) is 16.4. The minimum absolute atomic E-state index is 0.0119. The molecule has 0 aliphatic carbocycles. The van der Waals surface area contributed by atoms with Crippen molar-refractivity contribution in [3.8, 4) is 16.9 Å². The van der Waals surface area contributed by atoms with Crippen molar-refractivity contribution < 1.29 is 35.9 Å². The molecule has 35 heavy (non-hydrogen) atoms. The van der Waals surface area contributed by atoms with Gasteiger partial charge in [0.15, 0.2) is 0 Å². The van der Waals surface area contributed by atoms with Crippen LogP contribution in [0.4, 0.5) is 29.3 Å². The van der Waals surface area contributed by atoms with Gasteiger partial charge in [0.2, 0.25) is 15.9 Å². The van der Waals surface area contributed by atoms with Gasteiger partial charge in [-0.1, -0.05) is 12.1 Å². The fourth-order valence-corrected chi connectivity index (χ4v) is 4.35. The first-order valence-corrected chi connectivity index (χ1v) is 12.0. The lowest BCUT2D eigenvalue weighted by atomic mass is 10.0. The van der Waals surface area contributed by atoms with Gasteiger partial charge in [-0.25, -0.2) is 13.2 Å². The lowest BCUT2D eigenvalue weighted by Gasteiger charge is -2.28. The molecule has 1 fully saturated rings. The highest BCUT2D eigenvalue weighted by atomic mass is 32.2. The standard InChI is InChI=1S/C22H19F3N4O5S/c1-34-20-15-9-13(12-3-5-14(6-4-12)28-35(2,32)33)11-26-19(15)17(10-16(20)22(23,24)25)29-8-7-18(30)27-21(29)31/h3-6,9-11,28H,7-8H2,1-2H3,(H,27,30,31). The highest BCUT2D eigenvalue weighted by Crippen LogP contribution is 2.45. The molecule has 1 aromatic heterocycles. The van der Waals surface area contributed by atoms with Gasteiger partial charge in [0.05, 0.1) is 24.6 Å². The Morgan fingerprint density at radius 1 is 1.11 bits per heavy atom. The number of ether oxygens (including phenoxy) is 1. The molecule has 2 heterocycles. The molecule has 0 unspecified atom stereocenters. The monoisotopic (exact) mass is 508 g/mol. The summed E-state index contributed by atoms with van der Waals surface area (Å²) in [4.78, 5) is 29.3. The third kappa shape index (κ3) is 4.99. The van der Waals surface area contributed by atoms with E-state index < -0.39 is 39.5 Å². The van der Waals surface area contributed by atoms with Crippen molar-refractivity contribution in [2.75, 3.05) is 29.5 Å². The molecule has 1 aliphatic rings. The highest BCUT2D eigenvalue weighted by Gasteiger charge is 2.38. The topological polar surface area (TPSA) is 118 Å². The maximum atomic E-state index is 13.9. The number of aromatic nitrogens is 1. The van der Waals surface area contributed by atoms with Crippen LogP contribution in [0.3, 0.4) is 0 Å². The number of amides is 3. The molecule has 0 atom stereocenters.